The smallest absolute Gasteiger partial charge is 0.139 e. The quantitative estimate of drug-likeness (QED) is 0.818. The third-order valence-corrected chi connectivity index (χ3v) is 4.72. The molecular weight excluding hydrogens is 238 g/mol. The van der Waals surface area contributed by atoms with Crippen molar-refractivity contribution in [2.45, 2.75) is 32.7 Å². The fourth-order valence-corrected chi connectivity index (χ4v) is 3.64. The normalized spacial score (nSPS) is 28.6. The van der Waals surface area contributed by atoms with E-state index in [1.165, 1.54) is 5.69 Å². The van der Waals surface area contributed by atoms with Gasteiger partial charge >= 0.3 is 0 Å². The molecule has 3 heteroatoms. The third kappa shape index (κ3) is 2.01. The number of nitrogens with zero attached hydrogens (tertiary/aromatic N) is 1. The number of carbonyl (C=O) groups is 1. The van der Waals surface area contributed by atoms with Crippen LogP contribution in [0.4, 0.5) is 5.69 Å². The Balaban J connectivity index is 1.90. The molecule has 19 heavy (non-hydrogen) atoms. The van der Waals surface area contributed by atoms with Crippen LogP contribution in [0.25, 0.3) is 0 Å². The molecule has 2 atom stereocenters. The number of ketones is 1. The minimum atomic E-state index is 0.210. The number of benzene rings is 1. The van der Waals surface area contributed by atoms with Gasteiger partial charge in [0, 0.05) is 30.6 Å². The Morgan fingerprint density at radius 1 is 1.26 bits per heavy atom. The molecule has 0 unspecified atom stereocenters. The number of fused-ring (bicyclic) bond motifs is 3. The van der Waals surface area contributed by atoms with E-state index in [1.54, 1.807) is 7.11 Å². The van der Waals surface area contributed by atoms with E-state index in [2.05, 4.69) is 30.9 Å². The fourth-order valence-electron chi connectivity index (χ4n) is 3.64. The summed E-state index contributed by atoms with van der Waals surface area (Å²) in [5, 5.41) is 0. The molecule has 4 rings (SSSR count). The van der Waals surface area contributed by atoms with Gasteiger partial charge in [-0.1, -0.05) is 13.8 Å². The molecule has 0 radical (unpaired) electrons. The van der Waals surface area contributed by atoms with Crippen LogP contribution in [0, 0.1) is 11.3 Å². The molecular formula is C16H21NO2. The van der Waals surface area contributed by atoms with Gasteiger partial charge in [-0.3, -0.25) is 4.79 Å². The summed E-state index contributed by atoms with van der Waals surface area (Å²) in [5.74, 6) is 1.54. The van der Waals surface area contributed by atoms with E-state index in [1.807, 2.05) is 12.1 Å². The lowest BCUT2D eigenvalue weighted by atomic mass is 9.64. The first kappa shape index (κ1) is 12.5. The first-order valence-electron chi connectivity index (χ1n) is 6.95. The maximum absolute atomic E-state index is 12.0. The van der Waals surface area contributed by atoms with Gasteiger partial charge < -0.3 is 9.64 Å². The zero-order valence-electron chi connectivity index (χ0n) is 11.8. The lowest BCUT2D eigenvalue weighted by Gasteiger charge is -2.54. The summed E-state index contributed by atoms with van der Waals surface area (Å²) in [6.07, 6.45) is 1.73. The van der Waals surface area contributed by atoms with Crippen LogP contribution in [-0.2, 0) is 4.79 Å². The number of anilines is 1. The first-order valence-corrected chi connectivity index (χ1v) is 6.95. The van der Waals surface area contributed by atoms with Crippen LogP contribution in [0.15, 0.2) is 24.3 Å². The predicted molar refractivity (Wildman–Crippen MR) is 75.6 cm³/mol. The molecule has 3 nitrogen and oxygen atoms in total. The van der Waals surface area contributed by atoms with E-state index in [-0.39, 0.29) is 11.3 Å². The summed E-state index contributed by atoms with van der Waals surface area (Å²) in [6.45, 7) is 5.44. The number of rotatable bonds is 2. The van der Waals surface area contributed by atoms with Crippen molar-refractivity contribution < 1.29 is 9.53 Å². The van der Waals surface area contributed by atoms with Crippen LogP contribution < -0.4 is 9.64 Å². The molecule has 0 amide bonds. The highest BCUT2D eigenvalue weighted by molar-refractivity contribution is 5.85. The maximum Gasteiger partial charge on any atom is 0.139 e. The molecule has 1 saturated carbocycles. The van der Waals surface area contributed by atoms with E-state index >= 15 is 0 Å². The number of ether oxygens (including phenoxy) is 1. The molecule has 1 aromatic carbocycles. The Labute approximate surface area is 114 Å². The predicted octanol–water partition coefficient (Wildman–Crippen LogP) is 2.89. The largest absolute Gasteiger partial charge is 0.497 e. The van der Waals surface area contributed by atoms with E-state index in [0.29, 0.717) is 18.2 Å². The van der Waals surface area contributed by atoms with Gasteiger partial charge in [0.05, 0.1) is 7.11 Å². The van der Waals surface area contributed by atoms with Crippen LogP contribution >= 0.6 is 0 Å². The average Bonchev–Trinajstić information content (AvgIpc) is 2.39. The number of Topliss-reactive ketones (excluding diaryl/α,β-unsaturated/α-hetero) is 1. The summed E-state index contributed by atoms with van der Waals surface area (Å²) in [5.41, 5.74) is 1.42. The lowest BCUT2D eigenvalue weighted by molar-refractivity contribution is -0.130. The molecule has 3 fully saturated rings. The molecule has 0 spiro atoms. The summed E-state index contributed by atoms with van der Waals surface area (Å²) < 4.78 is 5.20. The van der Waals surface area contributed by atoms with Gasteiger partial charge in [0.25, 0.3) is 0 Å². The highest BCUT2D eigenvalue weighted by Gasteiger charge is 2.49. The van der Waals surface area contributed by atoms with Gasteiger partial charge in [-0.05, 0) is 36.1 Å². The summed E-state index contributed by atoms with van der Waals surface area (Å²) in [7, 11) is 1.68. The Kier molecular flexibility index (Phi) is 2.80. The highest BCUT2D eigenvalue weighted by Crippen LogP contribution is 2.46. The second kappa shape index (κ2) is 4.26. The second-order valence-corrected chi connectivity index (χ2v) is 6.43. The fraction of sp³-hybridized carbons (Fsp3) is 0.562. The van der Waals surface area contributed by atoms with Gasteiger partial charge in [-0.25, -0.2) is 0 Å². The Morgan fingerprint density at radius 3 is 2.53 bits per heavy atom. The molecule has 2 aliphatic heterocycles. The monoisotopic (exact) mass is 259 g/mol. The number of piperidine rings is 2. The van der Waals surface area contributed by atoms with Crippen molar-refractivity contribution >= 4 is 11.5 Å². The average molecular weight is 259 g/mol. The van der Waals surface area contributed by atoms with Crippen molar-refractivity contribution in [3.63, 3.8) is 0 Å². The van der Waals surface area contributed by atoms with Crippen LogP contribution in [0.3, 0.4) is 0 Å². The van der Waals surface area contributed by atoms with Crippen molar-refractivity contribution in [3.05, 3.63) is 24.3 Å². The topological polar surface area (TPSA) is 29.5 Å². The van der Waals surface area contributed by atoms with Crippen LogP contribution in [-0.4, -0.2) is 25.5 Å². The van der Waals surface area contributed by atoms with E-state index in [4.69, 9.17) is 4.74 Å². The maximum atomic E-state index is 12.0. The van der Waals surface area contributed by atoms with Crippen molar-refractivity contribution in [1.29, 1.82) is 0 Å². The SMILES string of the molecule is COc1ccc(N2C[C@@H]3CC(C)(C)[C@H]2CC3=O)cc1. The Morgan fingerprint density at radius 2 is 1.95 bits per heavy atom. The molecule has 2 heterocycles. The summed E-state index contributed by atoms with van der Waals surface area (Å²) >= 11 is 0. The molecule has 1 aliphatic carbocycles. The molecule has 2 bridgehead atoms. The molecule has 2 saturated heterocycles. The van der Waals surface area contributed by atoms with Crippen molar-refractivity contribution in [3.8, 4) is 5.75 Å². The molecule has 1 aromatic rings. The van der Waals surface area contributed by atoms with Gasteiger partial charge in [-0.15, -0.1) is 0 Å². The molecule has 3 aliphatic rings. The zero-order chi connectivity index (χ0) is 13.6. The molecule has 102 valence electrons. The van der Waals surface area contributed by atoms with Crippen LogP contribution in [0.2, 0.25) is 0 Å². The number of hydrogen-bond donors (Lipinski definition) is 0. The van der Waals surface area contributed by atoms with Gasteiger partial charge in [0.15, 0.2) is 0 Å². The van der Waals surface area contributed by atoms with E-state index in [9.17, 15) is 4.79 Å². The molecule has 0 N–H and O–H groups in total. The summed E-state index contributed by atoms with van der Waals surface area (Å²) in [4.78, 5) is 14.4. The van der Waals surface area contributed by atoms with Crippen molar-refractivity contribution in [1.82, 2.24) is 0 Å². The van der Waals surface area contributed by atoms with Crippen molar-refractivity contribution in [2.75, 3.05) is 18.6 Å². The van der Waals surface area contributed by atoms with Crippen LogP contribution in [0.1, 0.15) is 26.7 Å². The number of hydrogen-bond acceptors (Lipinski definition) is 3. The number of carbonyl (C=O) groups excluding carboxylic acids is 1. The standard InChI is InChI=1S/C16H21NO2/c1-16(2)9-11-10-17(15(16)8-14(11)18)12-4-6-13(19-3)7-5-12/h4-7,11,15H,8-10H2,1-3H3/t11-,15+/m0/s1. The lowest BCUT2D eigenvalue weighted by Crippen LogP contribution is -2.60. The Hall–Kier alpha value is -1.51. The van der Waals surface area contributed by atoms with Gasteiger partial charge in [0.2, 0.25) is 0 Å². The third-order valence-electron chi connectivity index (χ3n) is 4.72. The minimum Gasteiger partial charge on any atom is -0.497 e. The summed E-state index contributed by atoms with van der Waals surface area (Å²) in [6, 6.07) is 8.51. The van der Waals surface area contributed by atoms with Gasteiger partial charge in [-0.2, -0.15) is 0 Å². The van der Waals surface area contributed by atoms with Gasteiger partial charge in [0.1, 0.15) is 11.5 Å². The van der Waals surface area contributed by atoms with Crippen LogP contribution in [0.5, 0.6) is 5.75 Å². The Bertz CT molecular complexity index is 492. The second-order valence-electron chi connectivity index (χ2n) is 6.43. The highest BCUT2D eigenvalue weighted by atomic mass is 16.5. The first-order chi connectivity index (χ1) is 9.01. The van der Waals surface area contributed by atoms with E-state index in [0.717, 1.165) is 18.7 Å². The van der Waals surface area contributed by atoms with Crippen molar-refractivity contribution in [2.24, 2.45) is 11.3 Å². The zero-order valence-corrected chi connectivity index (χ0v) is 11.8. The van der Waals surface area contributed by atoms with E-state index < -0.39 is 0 Å². The number of methoxy groups -OCH3 is 1. The minimum absolute atomic E-state index is 0.210. The molecule has 0 aromatic heterocycles.